The maximum absolute atomic E-state index is 13.8. The van der Waals surface area contributed by atoms with Gasteiger partial charge in [-0.3, -0.25) is 0 Å². The van der Waals surface area contributed by atoms with Gasteiger partial charge in [0.05, 0.1) is 0 Å². The summed E-state index contributed by atoms with van der Waals surface area (Å²) in [4.78, 5) is 14.3. The Morgan fingerprint density at radius 3 is 2.50 bits per heavy atom. The minimum atomic E-state index is -1.14. The Hall–Kier alpha value is -3.60. The minimum Gasteiger partial charge on any atom is -0.478 e. The van der Waals surface area contributed by atoms with Crippen LogP contribution in [0.25, 0.3) is 21.9 Å². The van der Waals surface area contributed by atoms with Gasteiger partial charge < -0.3 is 14.8 Å². The minimum absolute atomic E-state index is 0.0312. The number of hydrogen-bond donors (Lipinski definition) is 2. The fourth-order valence-electron chi connectivity index (χ4n) is 2.88. The van der Waals surface area contributed by atoms with Crippen LogP contribution < -0.4 is 4.74 Å². The lowest BCUT2D eigenvalue weighted by atomic mass is 10.0. The maximum atomic E-state index is 13.8. The van der Waals surface area contributed by atoms with E-state index in [-0.39, 0.29) is 11.3 Å². The first-order chi connectivity index (χ1) is 12.6. The van der Waals surface area contributed by atoms with Crippen molar-refractivity contribution in [2.24, 2.45) is 0 Å². The first kappa shape index (κ1) is 15.9. The van der Waals surface area contributed by atoms with Gasteiger partial charge >= 0.3 is 5.97 Å². The molecule has 0 spiro atoms. The second-order valence-electron chi connectivity index (χ2n) is 5.84. The molecular weight excluding hydrogens is 333 g/mol. The monoisotopic (exact) mass is 347 g/mol. The van der Waals surface area contributed by atoms with Crippen molar-refractivity contribution in [2.45, 2.75) is 0 Å². The van der Waals surface area contributed by atoms with E-state index < -0.39 is 11.8 Å². The normalized spacial score (nSPS) is 10.8. The summed E-state index contributed by atoms with van der Waals surface area (Å²) in [5, 5.41) is 11.6. The van der Waals surface area contributed by atoms with E-state index in [9.17, 15) is 14.3 Å². The molecule has 0 aliphatic heterocycles. The third kappa shape index (κ3) is 2.91. The molecule has 0 saturated carbocycles. The second kappa shape index (κ2) is 6.37. The lowest BCUT2D eigenvalue weighted by Gasteiger charge is -2.11. The highest BCUT2D eigenvalue weighted by Crippen LogP contribution is 2.32. The summed E-state index contributed by atoms with van der Waals surface area (Å²) in [6.07, 6.45) is 2.70. The average Bonchev–Trinajstić information content (AvgIpc) is 3.08. The number of hydrogen-bond acceptors (Lipinski definition) is 2. The topological polar surface area (TPSA) is 62.3 Å². The molecule has 0 saturated heterocycles. The van der Waals surface area contributed by atoms with E-state index in [2.05, 4.69) is 4.98 Å². The van der Waals surface area contributed by atoms with Crippen LogP contribution in [0.3, 0.4) is 0 Å². The van der Waals surface area contributed by atoms with Crippen molar-refractivity contribution < 1.29 is 19.0 Å². The van der Waals surface area contributed by atoms with E-state index in [1.54, 1.807) is 18.2 Å². The van der Waals surface area contributed by atoms with Gasteiger partial charge in [0, 0.05) is 18.0 Å². The van der Waals surface area contributed by atoms with Gasteiger partial charge in [-0.15, -0.1) is 0 Å². The highest BCUT2D eigenvalue weighted by molar-refractivity contribution is 5.93. The van der Waals surface area contributed by atoms with Gasteiger partial charge in [0.15, 0.2) is 0 Å². The Labute approximate surface area is 148 Å². The lowest BCUT2D eigenvalue weighted by molar-refractivity contribution is 0.0694. The maximum Gasteiger partial charge on any atom is 0.339 e. The Kier molecular flexibility index (Phi) is 3.89. The number of fused-ring (bicyclic) bond motifs is 1. The van der Waals surface area contributed by atoms with E-state index in [1.165, 1.54) is 18.5 Å². The van der Waals surface area contributed by atoms with Crippen LogP contribution in [0.2, 0.25) is 0 Å². The number of carboxylic acids is 1. The molecule has 26 heavy (non-hydrogen) atoms. The van der Waals surface area contributed by atoms with E-state index in [0.29, 0.717) is 16.9 Å². The molecule has 4 rings (SSSR count). The summed E-state index contributed by atoms with van der Waals surface area (Å²) in [6.45, 7) is 0. The number of aromatic amines is 1. The molecule has 2 N–H and O–H groups in total. The highest BCUT2D eigenvalue weighted by Gasteiger charge is 2.16. The molecule has 4 aromatic rings. The van der Waals surface area contributed by atoms with Crippen molar-refractivity contribution in [3.63, 3.8) is 0 Å². The van der Waals surface area contributed by atoms with Gasteiger partial charge in [-0.05, 0) is 40.6 Å². The summed E-state index contributed by atoms with van der Waals surface area (Å²) in [5.74, 6) is -0.845. The Morgan fingerprint density at radius 2 is 1.77 bits per heavy atom. The number of nitrogens with one attached hydrogen (secondary N) is 1. The molecule has 5 heteroatoms. The Bertz CT molecular complexity index is 1120. The van der Waals surface area contributed by atoms with Crippen molar-refractivity contribution in [1.82, 2.24) is 4.98 Å². The molecule has 0 unspecified atom stereocenters. The van der Waals surface area contributed by atoms with Crippen LogP contribution in [-0.2, 0) is 0 Å². The fraction of sp³-hybridized carbons (Fsp3) is 0. The SMILES string of the molecule is O=C(O)c1cc(-c2c[nH]cc2F)ccc1Oc1ccc2ccccc2c1. The number of ether oxygens (including phenoxy) is 1. The largest absolute Gasteiger partial charge is 0.478 e. The first-order valence-corrected chi connectivity index (χ1v) is 7.98. The van der Waals surface area contributed by atoms with Crippen molar-refractivity contribution in [3.8, 4) is 22.6 Å². The summed E-state index contributed by atoms with van der Waals surface area (Å²) >= 11 is 0. The molecule has 0 atom stereocenters. The van der Waals surface area contributed by atoms with Crippen LogP contribution in [0.5, 0.6) is 11.5 Å². The predicted octanol–water partition coefficient (Wildman–Crippen LogP) is 5.46. The molecule has 0 radical (unpaired) electrons. The van der Waals surface area contributed by atoms with Crippen LogP contribution in [0.1, 0.15) is 10.4 Å². The molecule has 0 fully saturated rings. The number of H-pyrrole nitrogens is 1. The number of rotatable bonds is 4. The molecule has 1 aromatic heterocycles. The van der Waals surface area contributed by atoms with Crippen molar-refractivity contribution in [1.29, 1.82) is 0 Å². The van der Waals surface area contributed by atoms with Gasteiger partial charge in [0.25, 0.3) is 0 Å². The highest BCUT2D eigenvalue weighted by atomic mass is 19.1. The van der Waals surface area contributed by atoms with Gasteiger partial charge in [-0.25, -0.2) is 9.18 Å². The summed E-state index contributed by atoms with van der Waals surface area (Å²) in [5.41, 5.74) is 0.744. The van der Waals surface area contributed by atoms with E-state index in [4.69, 9.17) is 4.74 Å². The molecule has 0 aliphatic carbocycles. The molecule has 0 amide bonds. The average molecular weight is 347 g/mol. The van der Waals surface area contributed by atoms with Crippen LogP contribution >= 0.6 is 0 Å². The number of halogens is 1. The van der Waals surface area contributed by atoms with Gasteiger partial charge in [-0.1, -0.05) is 36.4 Å². The van der Waals surface area contributed by atoms with E-state index in [1.807, 2.05) is 36.4 Å². The molecule has 3 aromatic carbocycles. The van der Waals surface area contributed by atoms with Crippen molar-refractivity contribution in [3.05, 3.63) is 84.4 Å². The Morgan fingerprint density at radius 1 is 0.962 bits per heavy atom. The first-order valence-electron chi connectivity index (χ1n) is 7.98. The third-order valence-electron chi connectivity index (χ3n) is 4.16. The third-order valence-corrected chi connectivity index (χ3v) is 4.16. The molecule has 0 aliphatic rings. The molecule has 0 bridgehead atoms. The second-order valence-corrected chi connectivity index (χ2v) is 5.84. The van der Waals surface area contributed by atoms with Crippen molar-refractivity contribution in [2.75, 3.05) is 0 Å². The zero-order valence-electron chi connectivity index (χ0n) is 13.6. The number of benzene rings is 3. The van der Waals surface area contributed by atoms with Crippen LogP contribution in [0.15, 0.2) is 73.1 Å². The zero-order chi connectivity index (χ0) is 18.1. The molecule has 4 nitrogen and oxygen atoms in total. The van der Waals surface area contributed by atoms with Crippen LogP contribution in [-0.4, -0.2) is 16.1 Å². The number of aromatic nitrogens is 1. The van der Waals surface area contributed by atoms with Crippen LogP contribution in [0, 0.1) is 5.82 Å². The molecular formula is C21H14FNO3. The van der Waals surface area contributed by atoms with Gasteiger partial charge in [0.2, 0.25) is 0 Å². The van der Waals surface area contributed by atoms with Gasteiger partial charge in [-0.2, -0.15) is 0 Å². The molecule has 128 valence electrons. The number of carbonyl (C=O) groups is 1. The quantitative estimate of drug-likeness (QED) is 0.515. The van der Waals surface area contributed by atoms with E-state index >= 15 is 0 Å². The zero-order valence-corrected chi connectivity index (χ0v) is 13.6. The molecule has 1 heterocycles. The summed E-state index contributed by atoms with van der Waals surface area (Å²) in [7, 11) is 0. The lowest BCUT2D eigenvalue weighted by Crippen LogP contribution is -2.00. The number of aromatic carboxylic acids is 1. The van der Waals surface area contributed by atoms with E-state index in [0.717, 1.165) is 10.8 Å². The van der Waals surface area contributed by atoms with Gasteiger partial charge in [0.1, 0.15) is 22.9 Å². The number of carboxylic acid groups (broad SMARTS) is 1. The smallest absolute Gasteiger partial charge is 0.339 e. The predicted molar refractivity (Wildman–Crippen MR) is 97.2 cm³/mol. The standard InChI is InChI=1S/C21H14FNO3/c22-19-12-23-11-18(19)15-6-8-20(17(10-15)21(24)25)26-16-7-5-13-3-1-2-4-14(13)9-16/h1-12,23H,(H,24,25). The Balaban J connectivity index is 1.73. The van der Waals surface area contributed by atoms with Crippen molar-refractivity contribution >= 4 is 16.7 Å². The fourth-order valence-corrected chi connectivity index (χ4v) is 2.88. The summed E-state index contributed by atoms with van der Waals surface area (Å²) in [6, 6.07) is 17.9. The summed E-state index contributed by atoms with van der Waals surface area (Å²) < 4.78 is 19.6. The van der Waals surface area contributed by atoms with Crippen LogP contribution in [0.4, 0.5) is 4.39 Å².